The van der Waals surface area contributed by atoms with Crippen LogP contribution >= 0.6 is 15.9 Å². The van der Waals surface area contributed by atoms with Gasteiger partial charge in [-0.05, 0) is 48.0 Å². The van der Waals surface area contributed by atoms with Gasteiger partial charge in [-0.15, -0.1) is 0 Å². The smallest absolute Gasteiger partial charge is 0.159 e. The molecule has 0 radical (unpaired) electrons. The highest BCUT2D eigenvalue weighted by molar-refractivity contribution is 9.11. The molecule has 0 aliphatic carbocycles. The zero-order valence-electron chi connectivity index (χ0n) is 11.2. The van der Waals surface area contributed by atoms with Gasteiger partial charge < -0.3 is 0 Å². The van der Waals surface area contributed by atoms with Crippen molar-refractivity contribution in [3.8, 4) is 0 Å². The van der Waals surface area contributed by atoms with Crippen LogP contribution in [0.4, 0.5) is 0 Å². The Morgan fingerprint density at radius 1 is 1.32 bits per heavy atom. The Morgan fingerprint density at radius 3 is 3.00 bits per heavy atom. The summed E-state index contributed by atoms with van der Waals surface area (Å²) in [6.45, 7) is 2.23. The summed E-state index contributed by atoms with van der Waals surface area (Å²) in [5.41, 5.74) is 1.97. The van der Waals surface area contributed by atoms with Gasteiger partial charge in [0.1, 0.15) is 0 Å². The lowest BCUT2D eigenvalue weighted by atomic mass is 9.96. The number of fused-ring (bicyclic) bond motifs is 1. The maximum Gasteiger partial charge on any atom is 0.159 e. The predicted octanol–water partition coefficient (Wildman–Crippen LogP) is 4.89. The Bertz CT molecular complexity index is 551. The van der Waals surface area contributed by atoms with Crippen molar-refractivity contribution in [2.75, 3.05) is 0 Å². The number of allylic oxidation sites excluding steroid dienone is 1. The first kappa shape index (κ1) is 14.2. The molecular weight excluding hydrogens is 300 g/mol. The van der Waals surface area contributed by atoms with E-state index in [-0.39, 0.29) is 0 Å². The average Bonchev–Trinajstić information content (AvgIpc) is 2.45. The van der Waals surface area contributed by atoms with Gasteiger partial charge in [0.25, 0.3) is 0 Å². The van der Waals surface area contributed by atoms with Gasteiger partial charge in [0.2, 0.25) is 0 Å². The van der Waals surface area contributed by atoms with Gasteiger partial charge >= 0.3 is 0 Å². The number of hydrogen-bond donors (Lipinski definition) is 0. The van der Waals surface area contributed by atoms with Crippen molar-refractivity contribution in [3.63, 3.8) is 0 Å². The Balaban J connectivity index is 2.13. The molecule has 0 N–H and O–H groups in total. The molecule has 0 aliphatic heterocycles. The van der Waals surface area contributed by atoms with Gasteiger partial charge in [0.15, 0.2) is 5.65 Å². The molecule has 2 nitrogen and oxygen atoms in total. The molecule has 19 heavy (non-hydrogen) atoms. The molecule has 0 aromatic carbocycles. The lowest BCUT2D eigenvalue weighted by Crippen LogP contribution is -2.03. The molecule has 3 heteroatoms. The number of pyridine rings is 2. The van der Waals surface area contributed by atoms with E-state index in [1.807, 2.05) is 17.1 Å². The average molecular weight is 319 g/mol. The summed E-state index contributed by atoms with van der Waals surface area (Å²) in [4.78, 5) is 10.9. The lowest BCUT2D eigenvalue weighted by molar-refractivity contribution is 0.548. The van der Waals surface area contributed by atoms with Crippen molar-refractivity contribution in [1.82, 2.24) is 9.97 Å². The second-order valence-corrected chi connectivity index (χ2v) is 5.31. The molecule has 0 aliphatic rings. The van der Waals surface area contributed by atoms with E-state index in [0.29, 0.717) is 5.92 Å². The largest absolute Gasteiger partial charge is 0.237 e. The van der Waals surface area contributed by atoms with E-state index in [2.05, 4.69) is 51.0 Å². The first-order chi connectivity index (χ1) is 9.33. The minimum atomic E-state index is 0.549. The summed E-state index contributed by atoms with van der Waals surface area (Å²) in [6, 6.07) is 8.22. The van der Waals surface area contributed by atoms with Crippen molar-refractivity contribution in [2.24, 2.45) is 5.92 Å². The van der Waals surface area contributed by atoms with Gasteiger partial charge in [-0.1, -0.05) is 41.8 Å². The predicted molar refractivity (Wildman–Crippen MR) is 84.3 cm³/mol. The van der Waals surface area contributed by atoms with Gasteiger partial charge in [-0.3, -0.25) is 0 Å². The Hall–Kier alpha value is -1.22. The molecule has 100 valence electrons. The number of halogens is 1. The molecule has 0 saturated heterocycles. The standard InChI is InChI=1S/C16H19BrN2/c1-2-3-5-13(9-10-17)12-15-8-7-14-6-4-11-18-16(14)19-15/h4,6-11,13H,2-3,5,12H2,1H3. The summed E-state index contributed by atoms with van der Waals surface area (Å²) >= 11 is 3.38. The van der Waals surface area contributed by atoms with E-state index >= 15 is 0 Å². The van der Waals surface area contributed by atoms with Gasteiger partial charge in [-0.25, -0.2) is 9.97 Å². The second-order valence-electron chi connectivity index (χ2n) is 4.78. The number of rotatable bonds is 6. The molecule has 0 bridgehead atoms. The third-order valence-electron chi connectivity index (χ3n) is 3.27. The number of hydrogen-bond acceptors (Lipinski definition) is 2. The van der Waals surface area contributed by atoms with Crippen LogP contribution < -0.4 is 0 Å². The van der Waals surface area contributed by atoms with Crippen molar-refractivity contribution < 1.29 is 0 Å². The van der Waals surface area contributed by atoms with E-state index in [0.717, 1.165) is 23.1 Å². The summed E-state index contributed by atoms with van der Waals surface area (Å²) in [6.07, 6.45) is 8.70. The monoisotopic (exact) mass is 318 g/mol. The van der Waals surface area contributed by atoms with Gasteiger partial charge in [0, 0.05) is 17.3 Å². The molecule has 1 atom stereocenters. The van der Waals surface area contributed by atoms with Crippen LogP contribution in [0.15, 0.2) is 41.5 Å². The molecule has 2 rings (SSSR count). The molecular formula is C16H19BrN2. The third kappa shape index (κ3) is 4.13. The van der Waals surface area contributed by atoms with Crippen molar-refractivity contribution >= 4 is 27.0 Å². The first-order valence-corrected chi connectivity index (χ1v) is 7.72. The van der Waals surface area contributed by atoms with Crippen molar-refractivity contribution in [3.05, 3.63) is 47.2 Å². The number of aromatic nitrogens is 2. The molecule has 0 saturated carbocycles. The summed E-state index contributed by atoms with van der Waals surface area (Å²) in [7, 11) is 0. The molecule has 2 heterocycles. The Kier molecular flexibility index (Phi) is 5.52. The normalized spacial score (nSPS) is 13.2. The number of nitrogens with zero attached hydrogens (tertiary/aromatic N) is 2. The summed E-state index contributed by atoms with van der Waals surface area (Å²) in [5, 5.41) is 1.10. The topological polar surface area (TPSA) is 25.8 Å². The van der Waals surface area contributed by atoms with Crippen LogP contribution in [0.2, 0.25) is 0 Å². The van der Waals surface area contributed by atoms with Crippen LogP contribution in [-0.4, -0.2) is 9.97 Å². The summed E-state index contributed by atoms with van der Waals surface area (Å²) in [5.74, 6) is 0.549. The van der Waals surface area contributed by atoms with Crippen molar-refractivity contribution in [2.45, 2.75) is 32.6 Å². The van der Waals surface area contributed by atoms with E-state index in [9.17, 15) is 0 Å². The van der Waals surface area contributed by atoms with E-state index in [1.54, 1.807) is 6.20 Å². The maximum absolute atomic E-state index is 4.65. The Labute approximate surface area is 123 Å². The van der Waals surface area contributed by atoms with E-state index in [1.165, 1.54) is 19.3 Å². The fourth-order valence-electron chi connectivity index (χ4n) is 2.21. The molecule has 2 aromatic heterocycles. The summed E-state index contributed by atoms with van der Waals surface area (Å²) < 4.78 is 0. The number of unbranched alkanes of at least 4 members (excludes halogenated alkanes) is 1. The third-order valence-corrected chi connectivity index (χ3v) is 3.57. The zero-order chi connectivity index (χ0) is 13.5. The molecule has 2 aromatic rings. The van der Waals surface area contributed by atoms with Crippen LogP contribution in [0.3, 0.4) is 0 Å². The highest BCUT2D eigenvalue weighted by atomic mass is 79.9. The maximum atomic E-state index is 4.65. The van der Waals surface area contributed by atoms with Crippen molar-refractivity contribution in [1.29, 1.82) is 0 Å². The minimum absolute atomic E-state index is 0.549. The molecule has 0 amide bonds. The van der Waals surface area contributed by atoms with Gasteiger partial charge in [0.05, 0.1) is 0 Å². The van der Waals surface area contributed by atoms with Crippen LogP contribution in [-0.2, 0) is 6.42 Å². The van der Waals surface area contributed by atoms with Crippen LogP contribution in [0.1, 0.15) is 31.9 Å². The SMILES string of the molecule is CCCCC(C=CBr)Cc1ccc2cccnc2n1. The van der Waals surface area contributed by atoms with Crippen LogP contribution in [0.25, 0.3) is 11.0 Å². The molecule has 1 unspecified atom stereocenters. The fourth-order valence-corrected chi connectivity index (χ4v) is 2.64. The minimum Gasteiger partial charge on any atom is -0.237 e. The first-order valence-electron chi connectivity index (χ1n) is 6.81. The van der Waals surface area contributed by atoms with Crippen LogP contribution in [0, 0.1) is 5.92 Å². The highest BCUT2D eigenvalue weighted by Crippen LogP contribution is 2.18. The van der Waals surface area contributed by atoms with E-state index < -0.39 is 0 Å². The highest BCUT2D eigenvalue weighted by Gasteiger charge is 2.07. The van der Waals surface area contributed by atoms with Gasteiger partial charge in [-0.2, -0.15) is 0 Å². The Morgan fingerprint density at radius 2 is 2.21 bits per heavy atom. The zero-order valence-corrected chi connectivity index (χ0v) is 12.8. The molecule has 0 spiro atoms. The fraction of sp³-hybridized carbons (Fsp3) is 0.375. The van der Waals surface area contributed by atoms with E-state index in [4.69, 9.17) is 0 Å². The molecule has 0 fully saturated rings. The lowest BCUT2D eigenvalue weighted by Gasteiger charge is -2.11. The second kappa shape index (κ2) is 7.39. The van der Waals surface area contributed by atoms with Crippen LogP contribution in [0.5, 0.6) is 0 Å². The quantitative estimate of drug-likeness (QED) is 0.758.